The molecule has 0 fully saturated rings. The van der Waals surface area contributed by atoms with Crippen molar-refractivity contribution in [1.82, 2.24) is 5.43 Å². The van der Waals surface area contributed by atoms with Gasteiger partial charge in [-0.2, -0.15) is 0 Å². The van der Waals surface area contributed by atoms with Crippen LogP contribution >= 0.6 is 0 Å². The minimum absolute atomic E-state index is 0.262. The summed E-state index contributed by atoms with van der Waals surface area (Å²) in [6, 6.07) is 0.424. The first-order valence-electron chi connectivity index (χ1n) is 4.88. The van der Waals surface area contributed by atoms with Crippen molar-refractivity contribution in [3.8, 4) is 0 Å². The normalized spacial score (nSPS) is 17.5. The molecule has 0 amide bonds. The average Bonchev–Trinajstić information content (AvgIpc) is 1.97. The van der Waals surface area contributed by atoms with Gasteiger partial charge >= 0.3 is 0 Å². The molecule has 12 heavy (non-hydrogen) atoms. The van der Waals surface area contributed by atoms with Crippen LogP contribution < -0.4 is 11.3 Å². The Balaban J connectivity index is 4.00. The van der Waals surface area contributed by atoms with E-state index in [0.29, 0.717) is 6.04 Å². The molecule has 0 aromatic rings. The zero-order valence-electron chi connectivity index (χ0n) is 9.15. The van der Waals surface area contributed by atoms with Crippen LogP contribution in [0.25, 0.3) is 0 Å². The molecule has 74 valence electrons. The Labute approximate surface area is 76.9 Å². The molecule has 0 aliphatic rings. The summed E-state index contributed by atoms with van der Waals surface area (Å²) in [6.07, 6.45) is 2.39. The van der Waals surface area contributed by atoms with Crippen LogP contribution in [-0.2, 0) is 0 Å². The fraction of sp³-hybridized carbons (Fsp3) is 1.00. The molecule has 0 saturated heterocycles. The van der Waals surface area contributed by atoms with Gasteiger partial charge in [0.05, 0.1) is 0 Å². The van der Waals surface area contributed by atoms with Crippen LogP contribution in [0.3, 0.4) is 0 Å². The molecule has 3 N–H and O–H groups in total. The summed E-state index contributed by atoms with van der Waals surface area (Å²) in [4.78, 5) is 0. The van der Waals surface area contributed by atoms with Crippen LogP contribution in [0, 0.1) is 11.3 Å². The van der Waals surface area contributed by atoms with Gasteiger partial charge in [0.1, 0.15) is 0 Å². The van der Waals surface area contributed by atoms with Crippen molar-refractivity contribution in [2.75, 3.05) is 0 Å². The van der Waals surface area contributed by atoms with Gasteiger partial charge in [-0.1, -0.05) is 41.0 Å². The molecule has 0 bridgehead atoms. The van der Waals surface area contributed by atoms with Crippen LogP contribution in [0.4, 0.5) is 0 Å². The van der Waals surface area contributed by atoms with Crippen molar-refractivity contribution in [2.45, 2.75) is 53.5 Å². The molecule has 0 aliphatic heterocycles. The second-order valence-corrected chi connectivity index (χ2v) is 4.83. The third-order valence-electron chi connectivity index (χ3n) is 2.58. The third kappa shape index (κ3) is 4.07. The first-order valence-corrected chi connectivity index (χ1v) is 4.88. The van der Waals surface area contributed by atoms with E-state index in [1.807, 2.05) is 0 Å². The summed E-state index contributed by atoms with van der Waals surface area (Å²) in [7, 11) is 0. The summed E-state index contributed by atoms with van der Waals surface area (Å²) in [5.74, 6) is 6.27. The maximum atomic E-state index is 5.51. The minimum atomic E-state index is 0.262. The van der Waals surface area contributed by atoms with Crippen LogP contribution in [0.2, 0.25) is 0 Å². The molecule has 0 rings (SSSR count). The van der Waals surface area contributed by atoms with Gasteiger partial charge in [0.15, 0.2) is 0 Å². The van der Waals surface area contributed by atoms with Gasteiger partial charge in [-0.3, -0.25) is 11.3 Å². The summed E-state index contributed by atoms with van der Waals surface area (Å²) < 4.78 is 0. The molecule has 0 radical (unpaired) electrons. The molecule has 0 aromatic carbocycles. The highest BCUT2D eigenvalue weighted by atomic mass is 15.2. The van der Waals surface area contributed by atoms with Crippen molar-refractivity contribution >= 4 is 0 Å². The van der Waals surface area contributed by atoms with Crippen molar-refractivity contribution in [3.05, 3.63) is 0 Å². The van der Waals surface area contributed by atoms with E-state index in [9.17, 15) is 0 Å². The van der Waals surface area contributed by atoms with E-state index < -0.39 is 0 Å². The second-order valence-electron chi connectivity index (χ2n) is 4.83. The van der Waals surface area contributed by atoms with E-state index in [1.54, 1.807) is 0 Å². The monoisotopic (exact) mass is 172 g/mol. The van der Waals surface area contributed by atoms with Crippen molar-refractivity contribution in [1.29, 1.82) is 0 Å². The maximum Gasteiger partial charge on any atom is 0.0261 e. The molecule has 2 atom stereocenters. The molecule has 0 aromatic heterocycles. The van der Waals surface area contributed by atoms with Gasteiger partial charge < -0.3 is 0 Å². The quantitative estimate of drug-likeness (QED) is 0.504. The largest absolute Gasteiger partial charge is 0.271 e. The lowest BCUT2D eigenvalue weighted by Gasteiger charge is -2.31. The lowest BCUT2D eigenvalue weighted by molar-refractivity contribution is 0.229. The number of hydrogen-bond donors (Lipinski definition) is 2. The zero-order valence-corrected chi connectivity index (χ0v) is 9.15. The first-order chi connectivity index (χ1) is 5.41. The van der Waals surface area contributed by atoms with Gasteiger partial charge in [-0.15, -0.1) is 0 Å². The standard InChI is InChI=1S/C10H24N2/c1-6-8(2)7-9(12-11)10(3,4)5/h8-9,12H,6-7,11H2,1-5H3. The summed E-state index contributed by atoms with van der Waals surface area (Å²) in [5, 5.41) is 0. The maximum absolute atomic E-state index is 5.51. The van der Waals surface area contributed by atoms with Gasteiger partial charge in [0, 0.05) is 6.04 Å². The molecular formula is C10H24N2. The first kappa shape index (κ1) is 11.9. The fourth-order valence-corrected chi connectivity index (χ4v) is 1.24. The van der Waals surface area contributed by atoms with Gasteiger partial charge in [0.2, 0.25) is 0 Å². The smallest absolute Gasteiger partial charge is 0.0261 e. The van der Waals surface area contributed by atoms with E-state index in [2.05, 4.69) is 40.0 Å². The Morgan fingerprint density at radius 1 is 1.33 bits per heavy atom. The number of rotatable bonds is 4. The van der Waals surface area contributed by atoms with E-state index in [-0.39, 0.29) is 5.41 Å². The summed E-state index contributed by atoms with van der Waals surface area (Å²) >= 11 is 0. The SMILES string of the molecule is CCC(C)CC(NN)C(C)(C)C. The minimum Gasteiger partial charge on any atom is -0.271 e. The second kappa shape index (κ2) is 4.83. The Kier molecular flexibility index (Phi) is 4.80. The number of hydrogen-bond acceptors (Lipinski definition) is 2. The Morgan fingerprint density at radius 2 is 1.83 bits per heavy atom. The number of nitrogens with two attached hydrogens (primary N) is 1. The van der Waals surface area contributed by atoms with Crippen LogP contribution in [-0.4, -0.2) is 6.04 Å². The van der Waals surface area contributed by atoms with Gasteiger partial charge in [0.25, 0.3) is 0 Å². The summed E-state index contributed by atoms with van der Waals surface area (Å²) in [5.41, 5.74) is 3.17. The van der Waals surface area contributed by atoms with Gasteiger partial charge in [-0.25, -0.2) is 0 Å². The van der Waals surface area contributed by atoms with Gasteiger partial charge in [-0.05, 0) is 17.8 Å². The highest BCUT2D eigenvalue weighted by molar-refractivity contribution is 4.79. The molecule has 2 heteroatoms. The van der Waals surface area contributed by atoms with E-state index in [0.717, 1.165) is 12.3 Å². The molecular weight excluding hydrogens is 148 g/mol. The lowest BCUT2D eigenvalue weighted by atomic mass is 9.81. The predicted molar refractivity (Wildman–Crippen MR) is 54.6 cm³/mol. The summed E-state index contributed by atoms with van der Waals surface area (Å²) in [6.45, 7) is 11.2. The van der Waals surface area contributed by atoms with E-state index in [1.165, 1.54) is 6.42 Å². The van der Waals surface area contributed by atoms with Crippen LogP contribution in [0.5, 0.6) is 0 Å². The number of nitrogens with one attached hydrogen (secondary N) is 1. The molecule has 2 nitrogen and oxygen atoms in total. The van der Waals surface area contributed by atoms with Crippen LogP contribution in [0.15, 0.2) is 0 Å². The van der Waals surface area contributed by atoms with Crippen molar-refractivity contribution in [3.63, 3.8) is 0 Å². The predicted octanol–water partition coefficient (Wildman–Crippen LogP) is 2.30. The Hall–Kier alpha value is -0.0800. The fourth-order valence-electron chi connectivity index (χ4n) is 1.24. The highest BCUT2D eigenvalue weighted by Gasteiger charge is 2.24. The molecule has 0 spiro atoms. The molecule has 0 heterocycles. The van der Waals surface area contributed by atoms with Crippen LogP contribution in [0.1, 0.15) is 47.5 Å². The highest BCUT2D eigenvalue weighted by Crippen LogP contribution is 2.24. The molecule has 0 aliphatic carbocycles. The topological polar surface area (TPSA) is 38.0 Å². The third-order valence-corrected chi connectivity index (χ3v) is 2.58. The van der Waals surface area contributed by atoms with Crippen molar-refractivity contribution < 1.29 is 0 Å². The lowest BCUT2D eigenvalue weighted by Crippen LogP contribution is -2.45. The Morgan fingerprint density at radius 3 is 2.08 bits per heavy atom. The average molecular weight is 172 g/mol. The Bertz CT molecular complexity index is 115. The van der Waals surface area contributed by atoms with Crippen molar-refractivity contribution in [2.24, 2.45) is 17.2 Å². The van der Waals surface area contributed by atoms with E-state index >= 15 is 0 Å². The van der Waals surface area contributed by atoms with E-state index in [4.69, 9.17) is 5.84 Å². The molecule has 0 saturated carbocycles. The molecule has 2 unspecified atom stereocenters. The zero-order chi connectivity index (χ0) is 9.78. The number of hydrazine groups is 1.